The van der Waals surface area contributed by atoms with Gasteiger partial charge < -0.3 is 0 Å². The van der Waals surface area contributed by atoms with E-state index in [1.165, 1.54) is 11.3 Å². The lowest BCUT2D eigenvalue weighted by atomic mass is 10.3. The largest absolute Gasteiger partial charge is 0.292 e. The molecule has 0 aliphatic heterocycles. The van der Waals surface area contributed by atoms with Crippen LogP contribution in [0.4, 0.5) is 0 Å². The van der Waals surface area contributed by atoms with Crippen molar-refractivity contribution in [1.29, 1.82) is 0 Å². The van der Waals surface area contributed by atoms with Crippen LogP contribution in [0.5, 0.6) is 0 Å². The van der Waals surface area contributed by atoms with Gasteiger partial charge in [0.25, 0.3) is 0 Å². The number of halogens is 1. The smallest absolute Gasteiger partial charge is 0.186 e. The topological polar surface area (TPSA) is 34.1 Å². The first-order chi connectivity index (χ1) is 7.06. The Kier molecular flexibility index (Phi) is 5.15. The molecule has 0 aliphatic rings. The molecule has 1 aromatic rings. The predicted molar refractivity (Wildman–Crippen MR) is 69.1 cm³/mol. The van der Waals surface area contributed by atoms with Gasteiger partial charge >= 0.3 is 0 Å². The lowest BCUT2D eigenvalue weighted by molar-refractivity contribution is 0.102. The second kappa shape index (κ2) is 5.92. The first-order valence-corrected chi connectivity index (χ1v) is 7.75. The van der Waals surface area contributed by atoms with Gasteiger partial charge in [0, 0.05) is 20.5 Å². The molecule has 0 amide bonds. The van der Waals surface area contributed by atoms with Crippen molar-refractivity contribution < 1.29 is 9.00 Å². The molecular formula is C10H13BrO2S2. The van der Waals surface area contributed by atoms with Gasteiger partial charge in [0.2, 0.25) is 0 Å². The van der Waals surface area contributed by atoms with Crippen molar-refractivity contribution in [2.45, 2.75) is 25.5 Å². The van der Waals surface area contributed by atoms with Crippen LogP contribution in [0, 0.1) is 0 Å². The van der Waals surface area contributed by atoms with Gasteiger partial charge in [-0.3, -0.25) is 9.00 Å². The first-order valence-electron chi connectivity index (χ1n) is 4.69. The zero-order valence-corrected chi connectivity index (χ0v) is 11.9. The van der Waals surface area contributed by atoms with Crippen molar-refractivity contribution >= 4 is 43.8 Å². The molecule has 0 saturated carbocycles. The zero-order valence-electron chi connectivity index (χ0n) is 8.66. The van der Waals surface area contributed by atoms with Crippen molar-refractivity contribution in [2.24, 2.45) is 0 Å². The van der Waals surface area contributed by atoms with Gasteiger partial charge in [-0.1, -0.05) is 13.8 Å². The Morgan fingerprint density at radius 3 is 2.80 bits per heavy atom. The third kappa shape index (κ3) is 3.50. The van der Waals surface area contributed by atoms with Gasteiger partial charge in [0.15, 0.2) is 5.78 Å². The summed E-state index contributed by atoms with van der Waals surface area (Å²) in [4.78, 5) is 12.4. The molecule has 1 rings (SSSR count). The number of carbonyl (C=O) groups is 1. The van der Waals surface area contributed by atoms with E-state index in [9.17, 15) is 9.00 Å². The minimum absolute atomic E-state index is 0.0319. The summed E-state index contributed by atoms with van der Waals surface area (Å²) in [5.41, 5.74) is 0. The highest BCUT2D eigenvalue weighted by Gasteiger charge is 2.17. The van der Waals surface area contributed by atoms with Crippen LogP contribution in [-0.2, 0) is 10.8 Å². The van der Waals surface area contributed by atoms with E-state index in [0.717, 1.165) is 10.9 Å². The summed E-state index contributed by atoms with van der Waals surface area (Å²) in [6, 6.07) is 1.84. The molecule has 0 aromatic carbocycles. The van der Waals surface area contributed by atoms with Crippen LogP contribution in [0.1, 0.15) is 29.9 Å². The Morgan fingerprint density at radius 1 is 1.67 bits per heavy atom. The third-order valence-corrected chi connectivity index (χ3v) is 5.82. The van der Waals surface area contributed by atoms with Gasteiger partial charge in [0.1, 0.15) is 0 Å². The van der Waals surface area contributed by atoms with Crippen molar-refractivity contribution in [1.82, 2.24) is 0 Å². The van der Waals surface area contributed by atoms with Crippen LogP contribution in [-0.4, -0.2) is 21.0 Å². The minimum atomic E-state index is -1.05. The number of Topliss-reactive ketones (excluding diaryl/α,β-unsaturated/α-hetero) is 1. The molecule has 2 unspecified atom stereocenters. The Hall–Kier alpha value is -0.000000000000000111. The number of rotatable bonds is 5. The third-order valence-electron chi connectivity index (χ3n) is 2.17. The molecule has 2 nitrogen and oxygen atoms in total. The SMILES string of the molecule is CCC(C)S(=O)CC(=O)c1sccc1Br. The highest BCUT2D eigenvalue weighted by Crippen LogP contribution is 2.23. The fourth-order valence-corrected chi connectivity index (χ4v) is 3.70. The lowest BCUT2D eigenvalue weighted by Gasteiger charge is -2.06. The Morgan fingerprint density at radius 2 is 2.33 bits per heavy atom. The summed E-state index contributed by atoms with van der Waals surface area (Å²) in [7, 11) is -1.05. The maximum Gasteiger partial charge on any atom is 0.186 e. The number of hydrogen-bond acceptors (Lipinski definition) is 3. The molecule has 0 N–H and O–H groups in total. The molecule has 2 atom stereocenters. The first kappa shape index (κ1) is 13.1. The molecule has 5 heteroatoms. The number of ketones is 1. The highest BCUT2D eigenvalue weighted by atomic mass is 79.9. The van der Waals surface area contributed by atoms with E-state index in [2.05, 4.69) is 15.9 Å². The maximum atomic E-state index is 11.7. The maximum absolute atomic E-state index is 11.7. The van der Waals surface area contributed by atoms with E-state index in [4.69, 9.17) is 0 Å². The summed E-state index contributed by atoms with van der Waals surface area (Å²) in [6.07, 6.45) is 0.839. The standard InChI is InChI=1S/C10H13BrO2S2/c1-3-7(2)15(13)6-9(12)10-8(11)4-5-14-10/h4-5,7H,3,6H2,1-2H3. The van der Waals surface area contributed by atoms with Gasteiger partial charge in [-0.15, -0.1) is 11.3 Å². The quantitative estimate of drug-likeness (QED) is 0.783. The molecule has 84 valence electrons. The molecule has 0 fully saturated rings. The van der Waals surface area contributed by atoms with Crippen LogP contribution < -0.4 is 0 Å². The Balaban J connectivity index is 2.65. The summed E-state index contributed by atoms with van der Waals surface area (Å²) in [6.45, 7) is 3.89. The van der Waals surface area contributed by atoms with Gasteiger partial charge in [0.05, 0.1) is 10.6 Å². The van der Waals surface area contributed by atoms with Gasteiger partial charge in [-0.2, -0.15) is 0 Å². The van der Waals surface area contributed by atoms with E-state index in [-0.39, 0.29) is 16.8 Å². The summed E-state index contributed by atoms with van der Waals surface area (Å²) in [5, 5.41) is 1.94. The normalized spacial score (nSPS) is 14.9. The van der Waals surface area contributed by atoms with Crippen molar-refractivity contribution in [3.05, 3.63) is 20.8 Å². The van der Waals surface area contributed by atoms with Crippen LogP contribution in [0.15, 0.2) is 15.9 Å². The Bertz CT molecular complexity index is 373. The summed E-state index contributed by atoms with van der Waals surface area (Å²) in [5.74, 6) is 0.101. The number of thiophene rings is 1. The van der Waals surface area contributed by atoms with E-state index in [1.807, 2.05) is 25.3 Å². The molecule has 0 bridgehead atoms. The van der Waals surface area contributed by atoms with E-state index < -0.39 is 10.8 Å². The van der Waals surface area contributed by atoms with Crippen molar-refractivity contribution in [3.63, 3.8) is 0 Å². The lowest BCUT2D eigenvalue weighted by Crippen LogP contribution is -2.18. The second-order valence-corrected chi connectivity index (χ2v) is 6.89. The molecule has 1 heterocycles. The van der Waals surface area contributed by atoms with Crippen LogP contribution >= 0.6 is 27.3 Å². The number of hydrogen-bond donors (Lipinski definition) is 0. The highest BCUT2D eigenvalue weighted by molar-refractivity contribution is 9.10. The van der Waals surface area contributed by atoms with Crippen LogP contribution in [0.3, 0.4) is 0 Å². The molecule has 0 radical (unpaired) electrons. The zero-order chi connectivity index (χ0) is 11.4. The van der Waals surface area contributed by atoms with E-state index >= 15 is 0 Å². The van der Waals surface area contributed by atoms with Crippen LogP contribution in [0.2, 0.25) is 0 Å². The van der Waals surface area contributed by atoms with Crippen LogP contribution in [0.25, 0.3) is 0 Å². The fraction of sp³-hybridized carbons (Fsp3) is 0.500. The molecule has 0 spiro atoms. The molecule has 0 saturated heterocycles. The Labute approximate surface area is 105 Å². The van der Waals surface area contributed by atoms with Crippen molar-refractivity contribution in [3.8, 4) is 0 Å². The second-order valence-electron chi connectivity index (χ2n) is 3.26. The summed E-state index contributed by atoms with van der Waals surface area (Å²) < 4.78 is 12.5. The molecule has 0 aliphatic carbocycles. The van der Waals surface area contributed by atoms with E-state index in [0.29, 0.717) is 4.88 Å². The number of carbonyl (C=O) groups excluding carboxylic acids is 1. The minimum Gasteiger partial charge on any atom is -0.292 e. The van der Waals surface area contributed by atoms with Gasteiger partial charge in [-0.25, -0.2) is 0 Å². The molecular weight excluding hydrogens is 296 g/mol. The summed E-state index contributed by atoms with van der Waals surface area (Å²) >= 11 is 4.69. The molecule has 1 aromatic heterocycles. The fourth-order valence-electron chi connectivity index (χ4n) is 1.02. The average molecular weight is 309 g/mol. The predicted octanol–water partition coefficient (Wildman–Crippen LogP) is 3.24. The van der Waals surface area contributed by atoms with E-state index in [1.54, 1.807) is 0 Å². The molecule has 15 heavy (non-hydrogen) atoms. The van der Waals surface area contributed by atoms with Gasteiger partial charge in [-0.05, 0) is 33.8 Å². The average Bonchev–Trinajstić information content (AvgIpc) is 2.63. The van der Waals surface area contributed by atoms with Crippen molar-refractivity contribution in [2.75, 3.05) is 5.75 Å². The monoisotopic (exact) mass is 308 g/mol.